The maximum atomic E-state index is 12.1. The minimum atomic E-state index is -0.751. The Bertz CT molecular complexity index is 557. The highest BCUT2D eigenvalue weighted by Crippen LogP contribution is 2.36. The van der Waals surface area contributed by atoms with Gasteiger partial charge in [-0.15, -0.1) is 0 Å². The number of aliphatic hydroxyl groups is 1. The zero-order valence-electron chi connectivity index (χ0n) is 13.0. The largest absolute Gasteiger partial charge is 0.444 e. The first kappa shape index (κ1) is 17.4. The van der Waals surface area contributed by atoms with E-state index < -0.39 is 11.7 Å². The summed E-state index contributed by atoms with van der Waals surface area (Å²) < 4.78 is 5.36. The lowest BCUT2D eigenvalue weighted by molar-refractivity contribution is 0.0268. The van der Waals surface area contributed by atoms with Crippen LogP contribution < -0.4 is 0 Å². The lowest BCUT2D eigenvalue weighted by Crippen LogP contribution is -2.35. The summed E-state index contributed by atoms with van der Waals surface area (Å²) in [6, 6.07) is 5.20. The highest BCUT2D eigenvalue weighted by molar-refractivity contribution is 6.42. The van der Waals surface area contributed by atoms with Gasteiger partial charge in [0.1, 0.15) is 5.60 Å². The van der Waals surface area contributed by atoms with Crippen molar-refractivity contribution in [3.63, 3.8) is 0 Å². The van der Waals surface area contributed by atoms with Crippen LogP contribution in [0.15, 0.2) is 18.2 Å². The van der Waals surface area contributed by atoms with Crippen LogP contribution in [0.5, 0.6) is 0 Å². The second-order valence-electron chi connectivity index (χ2n) is 6.56. The molecule has 2 rings (SSSR count). The van der Waals surface area contributed by atoms with E-state index in [4.69, 9.17) is 27.9 Å². The normalized spacial score (nSPS) is 20.1. The molecule has 0 aromatic heterocycles. The molecule has 1 aromatic carbocycles. The Hall–Kier alpha value is -0.970. The fourth-order valence-corrected chi connectivity index (χ4v) is 2.96. The number of ether oxygens (including phenoxy) is 1. The summed E-state index contributed by atoms with van der Waals surface area (Å²) in [5, 5.41) is 11.3. The van der Waals surface area contributed by atoms with Crippen LogP contribution >= 0.6 is 23.2 Å². The van der Waals surface area contributed by atoms with Crippen LogP contribution in [0, 0.1) is 5.92 Å². The molecule has 1 aromatic rings. The number of hydrogen-bond donors (Lipinski definition) is 1. The molecule has 1 saturated heterocycles. The fraction of sp³-hybridized carbons (Fsp3) is 0.562. The van der Waals surface area contributed by atoms with Gasteiger partial charge in [0, 0.05) is 24.6 Å². The van der Waals surface area contributed by atoms with E-state index in [9.17, 15) is 9.90 Å². The maximum Gasteiger partial charge on any atom is 0.410 e. The third kappa shape index (κ3) is 4.06. The summed E-state index contributed by atoms with van der Waals surface area (Å²) in [7, 11) is 0. The Morgan fingerprint density at radius 1 is 1.41 bits per heavy atom. The van der Waals surface area contributed by atoms with Gasteiger partial charge in [0.2, 0.25) is 0 Å². The SMILES string of the molecule is CC(C)(C)OC(=O)N1CCC(C(O)c2cccc(Cl)c2Cl)C1. The monoisotopic (exact) mass is 345 g/mol. The molecule has 2 unspecified atom stereocenters. The van der Waals surface area contributed by atoms with Crippen LogP contribution in [0.1, 0.15) is 38.9 Å². The zero-order valence-corrected chi connectivity index (χ0v) is 14.5. The number of likely N-dealkylation sites (tertiary alicyclic amines) is 1. The molecule has 2 atom stereocenters. The van der Waals surface area contributed by atoms with E-state index in [1.54, 1.807) is 23.1 Å². The number of hydrogen-bond acceptors (Lipinski definition) is 3. The van der Waals surface area contributed by atoms with E-state index in [-0.39, 0.29) is 12.0 Å². The van der Waals surface area contributed by atoms with E-state index >= 15 is 0 Å². The molecule has 0 radical (unpaired) electrons. The van der Waals surface area contributed by atoms with E-state index in [0.717, 1.165) is 0 Å². The van der Waals surface area contributed by atoms with Crippen LogP contribution in [0.25, 0.3) is 0 Å². The van der Waals surface area contributed by atoms with Gasteiger partial charge in [-0.1, -0.05) is 35.3 Å². The second kappa shape index (κ2) is 6.65. The molecule has 6 heteroatoms. The smallest absolute Gasteiger partial charge is 0.410 e. The summed E-state index contributed by atoms with van der Waals surface area (Å²) in [4.78, 5) is 13.7. The average Bonchev–Trinajstić information content (AvgIpc) is 2.89. The lowest BCUT2D eigenvalue weighted by Gasteiger charge is -2.25. The van der Waals surface area contributed by atoms with Crippen LogP contribution in [-0.4, -0.2) is 34.8 Å². The fourth-order valence-electron chi connectivity index (χ4n) is 2.54. The topological polar surface area (TPSA) is 49.8 Å². The zero-order chi connectivity index (χ0) is 16.5. The molecule has 1 amide bonds. The molecule has 1 heterocycles. The standard InChI is InChI=1S/C16H21Cl2NO3/c1-16(2,3)22-15(21)19-8-7-10(9-19)14(20)11-5-4-6-12(17)13(11)18/h4-6,10,14,20H,7-9H2,1-3H3. The molecule has 1 N–H and O–H groups in total. The van der Waals surface area contributed by atoms with Gasteiger partial charge >= 0.3 is 6.09 Å². The van der Waals surface area contributed by atoms with Crippen LogP contribution in [0.4, 0.5) is 4.79 Å². The molecule has 22 heavy (non-hydrogen) atoms. The minimum absolute atomic E-state index is 0.0801. The summed E-state index contributed by atoms with van der Waals surface area (Å²) in [6.45, 7) is 6.50. The summed E-state index contributed by atoms with van der Waals surface area (Å²) in [6.07, 6.45) is -0.401. The minimum Gasteiger partial charge on any atom is -0.444 e. The van der Waals surface area contributed by atoms with Crippen molar-refractivity contribution in [3.05, 3.63) is 33.8 Å². The highest BCUT2D eigenvalue weighted by atomic mass is 35.5. The molecule has 0 spiro atoms. The Morgan fingerprint density at radius 3 is 2.73 bits per heavy atom. The van der Waals surface area contributed by atoms with Crippen molar-refractivity contribution in [3.8, 4) is 0 Å². The molecule has 0 aliphatic carbocycles. The number of halogens is 2. The van der Waals surface area contributed by atoms with E-state index in [1.165, 1.54) is 0 Å². The molecular formula is C16H21Cl2NO3. The number of aliphatic hydroxyl groups excluding tert-OH is 1. The number of amides is 1. The lowest BCUT2D eigenvalue weighted by atomic mass is 9.95. The Labute approximate surface area is 141 Å². The Morgan fingerprint density at radius 2 is 2.09 bits per heavy atom. The van der Waals surface area contributed by atoms with E-state index in [0.29, 0.717) is 35.1 Å². The summed E-state index contributed by atoms with van der Waals surface area (Å²) >= 11 is 12.1. The Balaban J connectivity index is 2.04. The van der Waals surface area contributed by atoms with Gasteiger partial charge in [-0.3, -0.25) is 0 Å². The van der Waals surface area contributed by atoms with Gasteiger partial charge in [-0.2, -0.15) is 0 Å². The highest BCUT2D eigenvalue weighted by Gasteiger charge is 2.34. The predicted octanol–water partition coefficient (Wildman–Crippen LogP) is 4.28. The molecule has 122 valence electrons. The van der Waals surface area contributed by atoms with Crippen molar-refractivity contribution in [2.45, 2.75) is 38.9 Å². The molecular weight excluding hydrogens is 325 g/mol. The molecule has 4 nitrogen and oxygen atoms in total. The Kier molecular flexibility index (Phi) is 5.25. The average molecular weight is 346 g/mol. The summed E-state index contributed by atoms with van der Waals surface area (Å²) in [5.74, 6) is -0.0801. The third-order valence-corrected chi connectivity index (χ3v) is 4.46. The number of carbonyl (C=O) groups is 1. The van der Waals surface area contributed by atoms with Crippen molar-refractivity contribution >= 4 is 29.3 Å². The van der Waals surface area contributed by atoms with Crippen molar-refractivity contribution in [1.82, 2.24) is 4.90 Å². The molecule has 1 fully saturated rings. The van der Waals surface area contributed by atoms with Gasteiger partial charge in [0.25, 0.3) is 0 Å². The molecule has 1 aliphatic rings. The van der Waals surface area contributed by atoms with Crippen molar-refractivity contribution in [2.24, 2.45) is 5.92 Å². The first-order chi connectivity index (χ1) is 10.2. The molecule has 0 bridgehead atoms. The molecule has 1 aliphatic heterocycles. The van der Waals surface area contributed by atoms with Gasteiger partial charge in [0.15, 0.2) is 0 Å². The number of rotatable bonds is 2. The van der Waals surface area contributed by atoms with Crippen LogP contribution in [0.3, 0.4) is 0 Å². The quantitative estimate of drug-likeness (QED) is 0.869. The van der Waals surface area contributed by atoms with Gasteiger partial charge in [-0.05, 0) is 33.3 Å². The van der Waals surface area contributed by atoms with Crippen molar-refractivity contribution < 1.29 is 14.6 Å². The van der Waals surface area contributed by atoms with E-state index in [1.807, 2.05) is 20.8 Å². The predicted molar refractivity (Wildman–Crippen MR) is 87.3 cm³/mol. The third-order valence-electron chi connectivity index (χ3n) is 3.62. The van der Waals surface area contributed by atoms with Gasteiger partial charge < -0.3 is 14.7 Å². The maximum absolute atomic E-state index is 12.1. The molecule has 0 saturated carbocycles. The van der Waals surface area contributed by atoms with Gasteiger partial charge in [-0.25, -0.2) is 4.79 Å². The van der Waals surface area contributed by atoms with E-state index in [2.05, 4.69) is 0 Å². The number of nitrogens with zero attached hydrogens (tertiary/aromatic N) is 1. The summed E-state index contributed by atoms with van der Waals surface area (Å²) in [5.41, 5.74) is 0.0783. The first-order valence-corrected chi connectivity index (χ1v) is 8.04. The first-order valence-electron chi connectivity index (χ1n) is 7.29. The number of carbonyl (C=O) groups excluding carboxylic acids is 1. The van der Waals surface area contributed by atoms with Crippen LogP contribution in [-0.2, 0) is 4.74 Å². The van der Waals surface area contributed by atoms with Crippen molar-refractivity contribution in [1.29, 1.82) is 0 Å². The second-order valence-corrected chi connectivity index (χ2v) is 7.35. The van der Waals surface area contributed by atoms with Crippen LogP contribution in [0.2, 0.25) is 10.0 Å². The number of benzene rings is 1. The van der Waals surface area contributed by atoms with Crippen molar-refractivity contribution in [2.75, 3.05) is 13.1 Å². The van der Waals surface area contributed by atoms with Gasteiger partial charge in [0.05, 0.1) is 16.1 Å².